The monoisotopic (exact) mass is 323 g/mol. The van der Waals surface area contributed by atoms with Gasteiger partial charge in [0.05, 0.1) is 6.54 Å². The van der Waals surface area contributed by atoms with Gasteiger partial charge in [-0.3, -0.25) is 4.79 Å². The van der Waals surface area contributed by atoms with Gasteiger partial charge < -0.3 is 9.64 Å². The number of carbonyl (C=O) groups is 1. The Kier molecular flexibility index (Phi) is 4.75. The fraction of sp³-hybridized carbons (Fsp3) is 0.150. The van der Waals surface area contributed by atoms with Crippen molar-refractivity contribution in [1.82, 2.24) is 4.90 Å². The molecule has 24 heavy (non-hydrogen) atoms. The minimum atomic E-state index is -0.646. The molecular weight excluding hydrogens is 305 g/mol. The Morgan fingerprint density at radius 3 is 2.67 bits per heavy atom. The first-order chi connectivity index (χ1) is 11.7. The number of hydrogen-bond donors (Lipinski definition) is 0. The Hall–Kier alpha value is -2.88. The number of benzene rings is 2. The van der Waals surface area contributed by atoms with Crippen LogP contribution in [0.2, 0.25) is 0 Å². The molecule has 0 bridgehead atoms. The molecule has 1 aliphatic heterocycles. The van der Waals surface area contributed by atoms with Gasteiger partial charge in [0.15, 0.2) is 6.10 Å². The summed E-state index contributed by atoms with van der Waals surface area (Å²) in [5.74, 6) is 0.117. The minimum Gasteiger partial charge on any atom is -0.480 e. The van der Waals surface area contributed by atoms with E-state index in [2.05, 4.69) is 0 Å². The number of halogens is 1. The molecule has 1 atom stereocenters. The van der Waals surface area contributed by atoms with Crippen molar-refractivity contribution in [1.29, 1.82) is 0 Å². The molecule has 0 N–H and O–H groups in total. The third kappa shape index (κ3) is 3.54. The zero-order valence-electron chi connectivity index (χ0n) is 13.4. The molecular formula is C20H18FNO2. The highest BCUT2D eigenvalue weighted by atomic mass is 19.1. The molecule has 0 aromatic heterocycles. The first-order valence-electron chi connectivity index (χ1n) is 7.79. The fourth-order valence-corrected chi connectivity index (χ4v) is 2.65. The molecule has 3 rings (SSSR count). The highest BCUT2D eigenvalue weighted by Gasteiger charge is 2.31. The molecule has 0 saturated carbocycles. The van der Waals surface area contributed by atoms with Crippen molar-refractivity contribution in [2.24, 2.45) is 0 Å². The number of allylic oxidation sites excluding steroid dienone is 1. The Balaban J connectivity index is 1.93. The van der Waals surface area contributed by atoms with Crippen LogP contribution >= 0.6 is 0 Å². The van der Waals surface area contributed by atoms with Crippen molar-refractivity contribution in [3.8, 4) is 5.75 Å². The summed E-state index contributed by atoms with van der Waals surface area (Å²) in [4.78, 5) is 14.7. The van der Waals surface area contributed by atoms with Crippen molar-refractivity contribution in [2.45, 2.75) is 13.0 Å². The second-order valence-corrected chi connectivity index (χ2v) is 5.52. The van der Waals surface area contributed by atoms with E-state index in [-0.39, 0.29) is 11.6 Å². The van der Waals surface area contributed by atoms with E-state index >= 15 is 0 Å². The lowest BCUT2D eigenvalue weighted by atomic mass is 9.96. The van der Waals surface area contributed by atoms with E-state index in [4.69, 9.17) is 4.74 Å². The average Bonchev–Trinajstić information content (AvgIpc) is 2.59. The maximum Gasteiger partial charge on any atom is 0.207 e. The number of rotatable bonds is 4. The van der Waals surface area contributed by atoms with Crippen LogP contribution in [0.3, 0.4) is 0 Å². The van der Waals surface area contributed by atoms with Crippen LogP contribution in [0.5, 0.6) is 5.75 Å². The summed E-state index contributed by atoms with van der Waals surface area (Å²) in [5.41, 5.74) is 0.996. The zero-order chi connectivity index (χ0) is 16.9. The number of nitrogens with zero attached hydrogens (tertiary/aromatic N) is 1. The number of ketones is 1. The number of hydrogen-bond acceptors (Lipinski definition) is 3. The van der Waals surface area contributed by atoms with Gasteiger partial charge >= 0.3 is 0 Å². The summed E-state index contributed by atoms with van der Waals surface area (Å²) in [6, 6.07) is 15.3. The van der Waals surface area contributed by atoms with E-state index in [1.54, 1.807) is 18.3 Å². The van der Waals surface area contributed by atoms with Crippen molar-refractivity contribution >= 4 is 11.4 Å². The van der Waals surface area contributed by atoms with E-state index in [0.29, 0.717) is 23.4 Å². The Bertz CT molecular complexity index is 783. The van der Waals surface area contributed by atoms with Crippen molar-refractivity contribution in [3.05, 3.63) is 84.5 Å². The number of carbonyl (C=O) groups excluding carboxylic acids is 1. The van der Waals surface area contributed by atoms with Gasteiger partial charge in [-0.25, -0.2) is 4.39 Å². The molecule has 0 radical (unpaired) electrons. The summed E-state index contributed by atoms with van der Waals surface area (Å²) in [6.45, 7) is 2.32. The van der Waals surface area contributed by atoms with Crippen LogP contribution < -0.4 is 4.74 Å². The summed E-state index contributed by atoms with van der Waals surface area (Å²) in [6.07, 6.45) is 4.84. The normalized spacial score (nSPS) is 17.9. The van der Waals surface area contributed by atoms with Gasteiger partial charge in [0, 0.05) is 11.8 Å². The fourth-order valence-electron chi connectivity index (χ4n) is 2.65. The molecule has 4 heteroatoms. The van der Waals surface area contributed by atoms with E-state index in [0.717, 1.165) is 0 Å². The van der Waals surface area contributed by atoms with Gasteiger partial charge in [0.25, 0.3) is 0 Å². The predicted molar refractivity (Wildman–Crippen MR) is 91.8 cm³/mol. The average molecular weight is 323 g/mol. The van der Waals surface area contributed by atoms with Crippen LogP contribution in [0.1, 0.15) is 12.5 Å². The molecule has 0 fully saturated rings. The van der Waals surface area contributed by atoms with E-state index in [9.17, 15) is 9.18 Å². The SMILES string of the molecule is C/C=C\N1C=C(c2cccc(F)c2)C(=O)C(Oc2ccccc2)C1. The Morgan fingerprint density at radius 1 is 1.17 bits per heavy atom. The third-order valence-electron chi connectivity index (χ3n) is 3.73. The highest BCUT2D eigenvalue weighted by molar-refractivity contribution is 6.23. The molecule has 1 unspecified atom stereocenters. The summed E-state index contributed by atoms with van der Waals surface area (Å²) >= 11 is 0. The summed E-state index contributed by atoms with van der Waals surface area (Å²) in [7, 11) is 0. The Labute approximate surface area is 140 Å². The summed E-state index contributed by atoms with van der Waals surface area (Å²) < 4.78 is 19.4. The number of para-hydroxylation sites is 1. The molecule has 2 aromatic rings. The first kappa shape index (κ1) is 16.0. The maximum absolute atomic E-state index is 13.5. The molecule has 3 nitrogen and oxygen atoms in total. The lowest BCUT2D eigenvalue weighted by Crippen LogP contribution is -2.41. The van der Waals surface area contributed by atoms with Gasteiger partial charge in [-0.05, 0) is 43.0 Å². The van der Waals surface area contributed by atoms with Crippen LogP contribution in [-0.2, 0) is 4.79 Å². The van der Waals surface area contributed by atoms with E-state index in [1.165, 1.54) is 12.1 Å². The maximum atomic E-state index is 13.5. The minimum absolute atomic E-state index is 0.148. The van der Waals surface area contributed by atoms with Gasteiger partial charge in [0.1, 0.15) is 11.6 Å². The number of Topliss-reactive ketones (excluding diaryl/α,β-unsaturated/α-hetero) is 1. The molecule has 0 amide bonds. The standard InChI is InChI=1S/C20H18FNO2/c1-2-11-22-13-18(15-7-6-8-16(21)12-15)20(23)19(14-22)24-17-9-4-3-5-10-17/h2-13,19H,14H2,1H3/b11-2-. The van der Waals surface area contributed by atoms with Gasteiger partial charge in [-0.1, -0.05) is 36.4 Å². The quantitative estimate of drug-likeness (QED) is 0.851. The number of ether oxygens (including phenoxy) is 1. The lowest BCUT2D eigenvalue weighted by molar-refractivity contribution is -0.121. The van der Waals surface area contributed by atoms with E-state index in [1.807, 2.05) is 54.4 Å². The lowest BCUT2D eigenvalue weighted by Gasteiger charge is -2.30. The second-order valence-electron chi connectivity index (χ2n) is 5.52. The highest BCUT2D eigenvalue weighted by Crippen LogP contribution is 2.26. The predicted octanol–water partition coefficient (Wildman–Crippen LogP) is 4.03. The largest absolute Gasteiger partial charge is 0.480 e. The van der Waals surface area contributed by atoms with Crippen LogP contribution in [0.4, 0.5) is 4.39 Å². The van der Waals surface area contributed by atoms with E-state index < -0.39 is 6.10 Å². The van der Waals surface area contributed by atoms with Crippen LogP contribution in [0.15, 0.2) is 73.1 Å². The van der Waals surface area contributed by atoms with Crippen LogP contribution in [0.25, 0.3) is 5.57 Å². The first-order valence-corrected chi connectivity index (χ1v) is 7.79. The van der Waals surface area contributed by atoms with Gasteiger partial charge in [-0.2, -0.15) is 0 Å². The van der Waals surface area contributed by atoms with Crippen molar-refractivity contribution < 1.29 is 13.9 Å². The molecule has 0 aliphatic carbocycles. The smallest absolute Gasteiger partial charge is 0.207 e. The van der Waals surface area contributed by atoms with Gasteiger partial charge in [0.2, 0.25) is 5.78 Å². The molecule has 122 valence electrons. The third-order valence-corrected chi connectivity index (χ3v) is 3.73. The van der Waals surface area contributed by atoms with Gasteiger partial charge in [-0.15, -0.1) is 0 Å². The van der Waals surface area contributed by atoms with Crippen LogP contribution in [0, 0.1) is 5.82 Å². The second kappa shape index (κ2) is 7.13. The van der Waals surface area contributed by atoms with Crippen molar-refractivity contribution in [3.63, 3.8) is 0 Å². The molecule has 1 aliphatic rings. The zero-order valence-corrected chi connectivity index (χ0v) is 13.4. The topological polar surface area (TPSA) is 29.5 Å². The molecule has 2 aromatic carbocycles. The molecule has 0 saturated heterocycles. The molecule has 1 heterocycles. The molecule has 0 spiro atoms. The Morgan fingerprint density at radius 2 is 1.96 bits per heavy atom. The van der Waals surface area contributed by atoms with Crippen LogP contribution in [-0.4, -0.2) is 23.3 Å². The summed E-state index contributed by atoms with van der Waals surface area (Å²) in [5, 5.41) is 0. The van der Waals surface area contributed by atoms with Crippen molar-refractivity contribution in [2.75, 3.05) is 6.54 Å².